The van der Waals surface area contributed by atoms with Crippen LogP contribution < -0.4 is 5.73 Å². The van der Waals surface area contributed by atoms with E-state index in [9.17, 15) is 4.21 Å². The monoisotopic (exact) mass is 185 g/mol. The van der Waals surface area contributed by atoms with Crippen molar-refractivity contribution in [3.63, 3.8) is 0 Å². The zero-order valence-corrected chi connectivity index (χ0v) is 7.38. The smallest absolute Gasteiger partial charge is 0.157 e. The van der Waals surface area contributed by atoms with Crippen molar-refractivity contribution in [1.82, 2.24) is 0 Å². The van der Waals surface area contributed by atoms with Crippen LogP contribution in [-0.2, 0) is 23.4 Å². The summed E-state index contributed by atoms with van der Waals surface area (Å²) in [6.45, 7) is 0.502. The molecule has 1 rings (SSSR count). The van der Waals surface area contributed by atoms with Crippen LogP contribution in [0.25, 0.3) is 0 Å². The molecule has 1 unspecified atom stereocenters. The van der Waals surface area contributed by atoms with Crippen molar-refractivity contribution in [2.24, 2.45) is 5.73 Å². The van der Waals surface area contributed by atoms with Gasteiger partial charge in [0, 0.05) is 6.54 Å². The van der Waals surface area contributed by atoms with Crippen LogP contribution in [0.5, 0.6) is 0 Å². The molecule has 1 atom stereocenters. The minimum absolute atomic E-state index is 0.185. The van der Waals surface area contributed by atoms with E-state index in [0.29, 0.717) is 6.54 Å². The Kier molecular flexibility index (Phi) is 3.40. The molecule has 0 fully saturated rings. The van der Waals surface area contributed by atoms with Gasteiger partial charge in [0.15, 0.2) is 11.1 Å². The zero-order chi connectivity index (χ0) is 8.97. The van der Waals surface area contributed by atoms with E-state index >= 15 is 0 Å². The molecule has 12 heavy (non-hydrogen) atoms. The van der Waals surface area contributed by atoms with Crippen molar-refractivity contribution in [3.05, 3.63) is 35.4 Å². The largest absolute Gasteiger partial charge is 0.326 e. The average Bonchev–Trinajstić information content (AvgIpc) is 2.05. The van der Waals surface area contributed by atoms with Crippen LogP contribution in [0, 0.1) is 0 Å². The first-order valence-corrected chi connectivity index (χ1v) is 4.85. The summed E-state index contributed by atoms with van der Waals surface area (Å²) in [6.07, 6.45) is 0. The first-order chi connectivity index (χ1) is 5.72. The van der Waals surface area contributed by atoms with Crippen LogP contribution in [0.2, 0.25) is 0 Å². The summed E-state index contributed by atoms with van der Waals surface area (Å²) < 4.78 is 19.0. The average molecular weight is 185 g/mol. The van der Waals surface area contributed by atoms with Crippen LogP contribution in [-0.4, -0.2) is 8.76 Å². The van der Waals surface area contributed by atoms with E-state index in [1.165, 1.54) is 0 Å². The molecule has 0 bridgehead atoms. The minimum atomic E-state index is -1.76. The van der Waals surface area contributed by atoms with Gasteiger partial charge in [-0.1, -0.05) is 24.3 Å². The highest BCUT2D eigenvalue weighted by molar-refractivity contribution is 7.78. The van der Waals surface area contributed by atoms with Crippen molar-refractivity contribution < 1.29 is 8.76 Å². The number of rotatable bonds is 3. The molecule has 0 heterocycles. The Labute approximate surface area is 73.9 Å². The van der Waals surface area contributed by atoms with Gasteiger partial charge in [0.2, 0.25) is 0 Å². The van der Waals surface area contributed by atoms with Gasteiger partial charge in [-0.3, -0.25) is 0 Å². The fraction of sp³-hybridized carbons (Fsp3) is 0.250. The highest BCUT2D eigenvalue weighted by atomic mass is 32.2. The molecule has 0 aromatic heterocycles. The van der Waals surface area contributed by atoms with Gasteiger partial charge in [0.05, 0.1) is 5.75 Å². The quantitative estimate of drug-likeness (QED) is 0.687. The first-order valence-electron chi connectivity index (χ1n) is 3.57. The summed E-state index contributed by atoms with van der Waals surface area (Å²) in [5.74, 6) is 0.185. The predicted octanol–water partition coefficient (Wildman–Crippen LogP) is 0.867. The topological polar surface area (TPSA) is 63.3 Å². The van der Waals surface area contributed by atoms with Gasteiger partial charge in [0.1, 0.15) is 0 Å². The molecule has 0 aliphatic carbocycles. The third-order valence-electron chi connectivity index (χ3n) is 1.55. The van der Waals surface area contributed by atoms with Crippen molar-refractivity contribution >= 4 is 11.1 Å². The van der Waals surface area contributed by atoms with E-state index in [1.54, 1.807) is 0 Å². The van der Waals surface area contributed by atoms with Gasteiger partial charge in [-0.2, -0.15) is 0 Å². The van der Waals surface area contributed by atoms with E-state index in [0.717, 1.165) is 11.1 Å². The van der Waals surface area contributed by atoms with Crippen molar-refractivity contribution in [2.45, 2.75) is 12.3 Å². The number of nitrogens with two attached hydrogens (primary N) is 1. The molecule has 0 amide bonds. The second-order valence-corrected chi connectivity index (χ2v) is 3.42. The summed E-state index contributed by atoms with van der Waals surface area (Å²) in [4.78, 5) is 0. The molecule has 0 saturated carbocycles. The van der Waals surface area contributed by atoms with E-state index in [2.05, 4.69) is 0 Å². The standard InChI is InChI=1S/C8H11NO2S/c9-5-7-1-3-8(4-2-7)6-12(10)11/h1-4H,5-6,9H2,(H,10,11). The third kappa shape index (κ3) is 2.73. The van der Waals surface area contributed by atoms with Crippen LogP contribution in [0.4, 0.5) is 0 Å². The van der Waals surface area contributed by atoms with Gasteiger partial charge in [-0.05, 0) is 11.1 Å². The highest BCUT2D eigenvalue weighted by Gasteiger charge is 1.96. The van der Waals surface area contributed by atoms with Crippen LogP contribution >= 0.6 is 0 Å². The predicted molar refractivity (Wildman–Crippen MR) is 48.8 cm³/mol. The Balaban J connectivity index is 2.71. The maximum absolute atomic E-state index is 10.4. The fourth-order valence-corrected chi connectivity index (χ4v) is 1.39. The SMILES string of the molecule is NCc1ccc(CS(=O)O)cc1. The summed E-state index contributed by atoms with van der Waals surface area (Å²) in [5, 5.41) is 0. The summed E-state index contributed by atoms with van der Waals surface area (Å²) in [6, 6.07) is 7.36. The molecule has 4 heteroatoms. The Morgan fingerprint density at radius 2 is 1.75 bits per heavy atom. The maximum atomic E-state index is 10.4. The summed E-state index contributed by atoms with van der Waals surface area (Å²) in [5.41, 5.74) is 7.28. The molecule has 0 aliphatic rings. The van der Waals surface area contributed by atoms with Crippen molar-refractivity contribution in [1.29, 1.82) is 0 Å². The second kappa shape index (κ2) is 4.35. The minimum Gasteiger partial charge on any atom is -0.326 e. The number of hydrogen-bond donors (Lipinski definition) is 2. The molecular formula is C8H11NO2S. The normalized spacial score (nSPS) is 12.8. The third-order valence-corrected chi connectivity index (χ3v) is 2.13. The van der Waals surface area contributed by atoms with E-state index in [1.807, 2.05) is 24.3 Å². The zero-order valence-electron chi connectivity index (χ0n) is 6.56. The van der Waals surface area contributed by atoms with Crippen LogP contribution in [0.3, 0.4) is 0 Å². The molecule has 0 aliphatic heterocycles. The van der Waals surface area contributed by atoms with Gasteiger partial charge in [0.25, 0.3) is 0 Å². The van der Waals surface area contributed by atoms with Gasteiger partial charge < -0.3 is 10.3 Å². The fourth-order valence-electron chi connectivity index (χ4n) is 0.914. The molecule has 3 nitrogen and oxygen atoms in total. The summed E-state index contributed by atoms with van der Waals surface area (Å²) >= 11 is -1.76. The Bertz CT molecular complexity index is 271. The molecule has 3 N–H and O–H groups in total. The Morgan fingerprint density at radius 1 is 1.25 bits per heavy atom. The van der Waals surface area contributed by atoms with E-state index in [-0.39, 0.29) is 5.75 Å². The molecular weight excluding hydrogens is 174 g/mol. The first kappa shape index (κ1) is 9.38. The van der Waals surface area contributed by atoms with Crippen molar-refractivity contribution in [2.75, 3.05) is 0 Å². The lowest BCUT2D eigenvalue weighted by molar-refractivity contribution is 0.563. The molecule has 1 aromatic carbocycles. The second-order valence-electron chi connectivity index (χ2n) is 2.49. The van der Waals surface area contributed by atoms with Gasteiger partial charge in [-0.15, -0.1) is 0 Å². The Hall–Kier alpha value is -0.710. The maximum Gasteiger partial charge on any atom is 0.157 e. The van der Waals surface area contributed by atoms with Crippen LogP contribution in [0.1, 0.15) is 11.1 Å². The number of benzene rings is 1. The lowest BCUT2D eigenvalue weighted by Crippen LogP contribution is -1.97. The number of hydrogen-bond acceptors (Lipinski definition) is 2. The van der Waals surface area contributed by atoms with Gasteiger partial charge >= 0.3 is 0 Å². The van der Waals surface area contributed by atoms with Crippen molar-refractivity contribution in [3.8, 4) is 0 Å². The lowest BCUT2D eigenvalue weighted by atomic mass is 10.1. The highest BCUT2D eigenvalue weighted by Crippen LogP contribution is 2.05. The van der Waals surface area contributed by atoms with Crippen LogP contribution in [0.15, 0.2) is 24.3 Å². The van der Waals surface area contributed by atoms with Gasteiger partial charge in [-0.25, -0.2) is 4.21 Å². The summed E-state index contributed by atoms with van der Waals surface area (Å²) in [7, 11) is 0. The Morgan fingerprint density at radius 3 is 2.17 bits per heavy atom. The van der Waals surface area contributed by atoms with E-state index < -0.39 is 11.1 Å². The molecule has 0 saturated heterocycles. The molecule has 0 radical (unpaired) electrons. The molecule has 66 valence electrons. The lowest BCUT2D eigenvalue weighted by Gasteiger charge is -1.98. The molecule has 1 aromatic rings. The van der Waals surface area contributed by atoms with E-state index in [4.69, 9.17) is 10.3 Å². The molecule has 0 spiro atoms.